The number of thioether (sulfide) groups is 1. The zero-order valence-electron chi connectivity index (χ0n) is 23.1. The molecule has 41 heavy (non-hydrogen) atoms. The largest absolute Gasteiger partial charge is 0.497 e. The number of aryl methyl sites for hydroxylation is 1. The molecule has 0 amide bonds. The fourth-order valence-corrected chi connectivity index (χ4v) is 8.14. The van der Waals surface area contributed by atoms with Crippen molar-refractivity contribution in [2.24, 2.45) is 0 Å². The van der Waals surface area contributed by atoms with Crippen molar-refractivity contribution >= 4 is 59.6 Å². The van der Waals surface area contributed by atoms with Gasteiger partial charge in [0.2, 0.25) is 5.52 Å². The van der Waals surface area contributed by atoms with Crippen LogP contribution >= 0.6 is 23.1 Å². The highest BCUT2D eigenvalue weighted by molar-refractivity contribution is 8.04. The quantitative estimate of drug-likeness (QED) is 0.185. The number of thiazole rings is 1. The van der Waals surface area contributed by atoms with Gasteiger partial charge in [-0.2, -0.15) is 21.4 Å². The normalized spacial score (nSPS) is 20.6. The zero-order valence-corrected chi connectivity index (χ0v) is 26.4. The van der Waals surface area contributed by atoms with Gasteiger partial charge in [0.05, 0.1) is 41.1 Å². The van der Waals surface area contributed by atoms with Gasteiger partial charge in [-0.3, -0.25) is 9.11 Å². The molecule has 0 saturated carbocycles. The Morgan fingerprint density at radius 3 is 2.49 bits per heavy atom. The van der Waals surface area contributed by atoms with Gasteiger partial charge in [0, 0.05) is 31.8 Å². The molecule has 2 atom stereocenters. The number of aromatic nitrogens is 1. The van der Waals surface area contributed by atoms with Gasteiger partial charge in [-0.25, -0.2) is 0 Å². The molecule has 224 valence electrons. The van der Waals surface area contributed by atoms with E-state index >= 15 is 0 Å². The molecule has 4 rings (SSSR count). The summed E-state index contributed by atoms with van der Waals surface area (Å²) in [7, 11) is -4.92. The van der Waals surface area contributed by atoms with Crippen molar-refractivity contribution in [2.75, 3.05) is 32.3 Å². The summed E-state index contributed by atoms with van der Waals surface area (Å²) in [6.07, 6.45) is 11.3. The van der Waals surface area contributed by atoms with Crippen LogP contribution in [-0.2, 0) is 31.5 Å². The Kier molecular flexibility index (Phi) is 10.4. The number of hydrogen-bond donors (Lipinski definition) is 2. The van der Waals surface area contributed by atoms with E-state index in [2.05, 4.69) is 30.1 Å². The number of hydrogen-bond acceptors (Lipinski definition) is 9. The molecule has 0 bridgehead atoms. The lowest BCUT2D eigenvalue weighted by molar-refractivity contribution is -0.668. The number of methoxy groups -OCH3 is 2. The average Bonchev–Trinajstić information content (AvgIpc) is 3.43. The predicted octanol–water partition coefficient (Wildman–Crippen LogP) is 4.27. The highest BCUT2D eigenvalue weighted by Gasteiger charge is 2.34. The van der Waals surface area contributed by atoms with E-state index in [1.165, 1.54) is 0 Å². The fourth-order valence-electron chi connectivity index (χ4n) is 4.71. The molecule has 1 fully saturated rings. The maximum atomic E-state index is 11.4. The van der Waals surface area contributed by atoms with Crippen molar-refractivity contribution in [3.05, 3.63) is 63.8 Å². The first kappa shape index (κ1) is 31.7. The molecule has 2 unspecified atom stereocenters. The van der Waals surface area contributed by atoms with Gasteiger partial charge in [0.15, 0.2) is 6.54 Å². The third kappa shape index (κ3) is 8.43. The molecule has 1 aromatic heterocycles. The number of fused-ring (bicyclic) bond motifs is 2. The van der Waals surface area contributed by atoms with Gasteiger partial charge in [-0.05, 0) is 42.7 Å². The van der Waals surface area contributed by atoms with Crippen LogP contribution in [0.1, 0.15) is 31.2 Å². The first-order chi connectivity index (χ1) is 19.4. The van der Waals surface area contributed by atoms with Gasteiger partial charge in [0.1, 0.15) is 10.4 Å². The molecule has 1 aliphatic carbocycles. The second-order valence-corrected chi connectivity index (χ2v) is 15.0. The Labute approximate surface area is 249 Å². The molecule has 1 saturated heterocycles. The molecule has 2 N–H and O–H groups in total. The SMILES string of the molecule is CCC(=Cc1sc2ccc(OC)cc2[n+]1CCCS(=O)(=O)O)C=C1SC2C=CC(OC)C=C2N1CCCS(=O)(=O)O. The van der Waals surface area contributed by atoms with Gasteiger partial charge in [-0.1, -0.05) is 42.2 Å². The molecule has 14 heteroatoms. The molecule has 1 aliphatic heterocycles. The van der Waals surface area contributed by atoms with Crippen LogP contribution in [-0.4, -0.2) is 74.5 Å². The van der Waals surface area contributed by atoms with Crippen LogP contribution in [0.3, 0.4) is 0 Å². The van der Waals surface area contributed by atoms with E-state index in [1.54, 1.807) is 37.3 Å². The molecular formula is C27H35N2O8S4+. The number of rotatable bonds is 13. The standard InChI is InChI=1S/C27H34N2O8S4/c1-4-19(15-26-28(11-5-13-40(30,31)32)22-17-20(36-2)7-9-24(22)38-26)16-27-29(12-6-14-41(33,34)35)23-18-21(37-3)8-10-25(23)39-27/h7-10,15-18,20,24H,4-6,11-14H2,1-3H3,(H-,30,31,32,33,34,35)/p+1. The van der Waals surface area contributed by atoms with Crippen LogP contribution in [0.2, 0.25) is 0 Å². The van der Waals surface area contributed by atoms with Crippen LogP contribution in [0.15, 0.2) is 58.8 Å². The van der Waals surface area contributed by atoms with Crippen LogP contribution in [0.4, 0.5) is 0 Å². The summed E-state index contributed by atoms with van der Waals surface area (Å²) in [4.78, 5) is 2.09. The Morgan fingerprint density at radius 2 is 1.83 bits per heavy atom. The monoisotopic (exact) mass is 643 g/mol. The Bertz CT molecular complexity index is 1610. The second-order valence-electron chi connectivity index (χ2n) is 9.63. The second kappa shape index (κ2) is 13.4. The number of nitrogens with zero attached hydrogens (tertiary/aromatic N) is 2. The number of ether oxygens (including phenoxy) is 2. The first-order valence-electron chi connectivity index (χ1n) is 13.1. The third-order valence-corrected chi connectivity index (χ3v) is 10.7. The summed E-state index contributed by atoms with van der Waals surface area (Å²) in [6, 6.07) is 5.77. The molecule has 10 nitrogen and oxygen atoms in total. The lowest BCUT2D eigenvalue weighted by atomic mass is 10.1. The minimum absolute atomic E-state index is 0.0682. The topological polar surface area (TPSA) is 134 Å². The summed E-state index contributed by atoms with van der Waals surface area (Å²) < 4.78 is 78.0. The van der Waals surface area contributed by atoms with Gasteiger partial charge < -0.3 is 14.4 Å². The summed E-state index contributed by atoms with van der Waals surface area (Å²) in [5.74, 6) is 0.0266. The number of allylic oxidation sites excluding steroid dienone is 2. The van der Waals surface area contributed by atoms with Crippen LogP contribution in [0, 0.1) is 0 Å². The van der Waals surface area contributed by atoms with E-state index in [1.807, 2.05) is 34.9 Å². The van der Waals surface area contributed by atoms with Crippen molar-refractivity contribution in [1.82, 2.24) is 4.90 Å². The molecular weight excluding hydrogens is 609 g/mol. The van der Waals surface area contributed by atoms with Gasteiger partial charge in [-0.15, -0.1) is 0 Å². The predicted molar refractivity (Wildman–Crippen MR) is 163 cm³/mol. The van der Waals surface area contributed by atoms with E-state index in [9.17, 15) is 25.9 Å². The maximum Gasteiger partial charge on any atom is 0.265 e. The molecule has 0 spiro atoms. The van der Waals surface area contributed by atoms with E-state index in [4.69, 9.17) is 9.47 Å². The summed E-state index contributed by atoms with van der Waals surface area (Å²) in [6.45, 7) is 2.86. The minimum atomic E-state index is -4.08. The smallest absolute Gasteiger partial charge is 0.265 e. The Hall–Kier alpha value is -2.20. The maximum absolute atomic E-state index is 11.4. The van der Waals surface area contributed by atoms with Crippen LogP contribution in [0.5, 0.6) is 5.75 Å². The number of benzene rings is 1. The van der Waals surface area contributed by atoms with Crippen LogP contribution in [0.25, 0.3) is 16.3 Å². The summed E-state index contributed by atoms with van der Waals surface area (Å²) in [5.41, 5.74) is 2.96. The van der Waals surface area contributed by atoms with Crippen molar-refractivity contribution in [3.8, 4) is 5.75 Å². The van der Waals surface area contributed by atoms with Crippen molar-refractivity contribution in [2.45, 2.75) is 44.1 Å². The Morgan fingerprint density at radius 1 is 1.10 bits per heavy atom. The molecule has 2 aromatic rings. The molecule has 0 radical (unpaired) electrons. The lowest BCUT2D eigenvalue weighted by Gasteiger charge is -2.25. The Balaban J connectivity index is 1.71. The highest BCUT2D eigenvalue weighted by atomic mass is 32.2. The van der Waals surface area contributed by atoms with E-state index in [-0.39, 0.29) is 35.7 Å². The zero-order chi connectivity index (χ0) is 29.8. The fraction of sp³-hybridized carbons (Fsp3) is 0.444. The summed E-state index contributed by atoms with van der Waals surface area (Å²) in [5, 5.41) is 1.96. The van der Waals surface area contributed by atoms with E-state index < -0.39 is 20.2 Å². The molecule has 2 aliphatic rings. The van der Waals surface area contributed by atoms with Gasteiger partial charge in [0.25, 0.3) is 25.2 Å². The van der Waals surface area contributed by atoms with Crippen molar-refractivity contribution in [1.29, 1.82) is 0 Å². The lowest BCUT2D eigenvalue weighted by Crippen LogP contribution is -2.36. The molecule has 2 heterocycles. The van der Waals surface area contributed by atoms with E-state index in [0.717, 1.165) is 31.5 Å². The minimum Gasteiger partial charge on any atom is -0.497 e. The average molecular weight is 644 g/mol. The van der Waals surface area contributed by atoms with Crippen molar-refractivity contribution in [3.63, 3.8) is 0 Å². The molecule has 1 aromatic carbocycles. The van der Waals surface area contributed by atoms with Crippen molar-refractivity contribution < 1.29 is 40.0 Å². The van der Waals surface area contributed by atoms with Gasteiger partial charge >= 0.3 is 0 Å². The third-order valence-electron chi connectivity index (χ3n) is 6.73. The van der Waals surface area contributed by atoms with E-state index in [0.29, 0.717) is 25.3 Å². The highest BCUT2D eigenvalue weighted by Crippen LogP contribution is 2.45. The van der Waals surface area contributed by atoms with Crippen LogP contribution < -0.4 is 9.30 Å². The summed E-state index contributed by atoms with van der Waals surface area (Å²) >= 11 is 3.25. The first-order valence-corrected chi connectivity index (χ1v) is 18.0.